The van der Waals surface area contributed by atoms with Gasteiger partial charge in [0.2, 0.25) is 5.91 Å². The van der Waals surface area contributed by atoms with Gasteiger partial charge < -0.3 is 5.32 Å². The monoisotopic (exact) mass is 321 g/mol. The summed E-state index contributed by atoms with van der Waals surface area (Å²) in [6.45, 7) is 0.553. The smallest absolute Gasteiger partial charge is 0.309 e. The van der Waals surface area contributed by atoms with Crippen LogP contribution in [0.2, 0.25) is 5.02 Å². The highest BCUT2D eigenvalue weighted by molar-refractivity contribution is 6.30. The van der Waals surface area contributed by atoms with Crippen LogP contribution in [-0.2, 0) is 24.3 Å². The number of aryl methyl sites for hydroxylation is 1. The second-order valence-corrected chi connectivity index (χ2v) is 5.67. The van der Waals surface area contributed by atoms with E-state index < -0.39 is 0 Å². The predicted octanol–water partition coefficient (Wildman–Crippen LogP) is 1.46. The molecule has 1 aliphatic heterocycles. The molecule has 2 aromatic heterocycles. The fourth-order valence-corrected chi connectivity index (χ4v) is 2.61. The van der Waals surface area contributed by atoms with Crippen LogP contribution in [0.25, 0.3) is 0 Å². The van der Waals surface area contributed by atoms with Crippen molar-refractivity contribution in [2.45, 2.75) is 38.8 Å². The van der Waals surface area contributed by atoms with E-state index >= 15 is 0 Å². The lowest BCUT2D eigenvalue weighted by Crippen LogP contribution is -2.30. The minimum atomic E-state index is -0.342. The van der Waals surface area contributed by atoms with Gasteiger partial charge in [0.15, 0.2) is 0 Å². The molecule has 0 saturated heterocycles. The van der Waals surface area contributed by atoms with Crippen molar-refractivity contribution in [3.8, 4) is 0 Å². The second-order valence-electron chi connectivity index (χ2n) is 5.23. The largest absolute Gasteiger partial charge is 0.346 e. The quantitative estimate of drug-likeness (QED) is 0.928. The van der Waals surface area contributed by atoms with Crippen LogP contribution in [-0.4, -0.2) is 25.2 Å². The van der Waals surface area contributed by atoms with Crippen LogP contribution in [0.3, 0.4) is 0 Å². The van der Waals surface area contributed by atoms with Crippen molar-refractivity contribution < 1.29 is 4.79 Å². The van der Waals surface area contributed by atoms with Gasteiger partial charge in [-0.15, -0.1) is 0 Å². The van der Waals surface area contributed by atoms with E-state index in [0.717, 1.165) is 31.5 Å². The third kappa shape index (κ3) is 3.19. The number of hydrogen-bond donors (Lipinski definition) is 1. The van der Waals surface area contributed by atoms with Gasteiger partial charge in [0.1, 0.15) is 18.2 Å². The standard InChI is InChI=1S/C14H16ClN5O2/c15-10-5-6-11(16-8-10)17-13(21)9-20-14(22)19-7-3-1-2-4-12(19)18-20/h5-6,8H,1-4,7,9H2,(H,16,17,21). The number of pyridine rings is 1. The molecule has 0 spiro atoms. The molecule has 0 saturated carbocycles. The SMILES string of the molecule is O=C(Cn1nc2n(c1=O)CCCCC2)Nc1ccc(Cl)cn1. The Morgan fingerprint density at radius 1 is 1.32 bits per heavy atom. The van der Waals surface area contributed by atoms with E-state index in [1.54, 1.807) is 16.7 Å². The number of nitrogens with one attached hydrogen (secondary N) is 1. The molecule has 0 bridgehead atoms. The van der Waals surface area contributed by atoms with E-state index in [2.05, 4.69) is 15.4 Å². The normalized spacial score (nSPS) is 14.2. The van der Waals surface area contributed by atoms with Crippen LogP contribution in [0.1, 0.15) is 25.1 Å². The Labute approximate surface area is 131 Å². The molecule has 1 amide bonds. The lowest BCUT2D eigenvalue weighted by Gasteiger charge is -2.03. The van der Waals surface area contributed by atoms with Crippen LogP contribution in [0.15, 0.2) is 23.1 Å². The molecule has 3 heterocycles. The molecule has 8 heteroatoms. The Hall–Kier alpha value is -2.15. The Balaban J connectivity index is 1.71. The van der Waals surface area contributed by atoms with Crippen LogP contribution in [0.4, 0.5) is 5.82 Å². The number of anilines is 1. The first-order valence-electron chi connectivity index (χ1n) is 7.21. The van der Waals surface area contributed by atoms with Gasteiger partial charge in [-0.05, 0) is 25.0 Å². The molecule has 22 heavy (non-hydrogen) atoms. The lowest BCUT2D eigenvalue weighted by atomic mass is 10.2. The van der Waals surface area contributed by atoms with E-state index in [-0.39, 0.29) is 18.1 Å². The van der Waals surface area contributed by atoms with Crippen molar-refractivity contribution in [1.82, 2.24) is 19.3 Å². The highest BCUT2D eigenvalue weighted by atomic mass is 35.5. The van der Waals surface area contributed by atoms with E-state index in [4.69, 9.17) is 11.6 Å². The summed E-state index contributed by atoms with van der Waals surface area (Å²) in [6.07, 6.45) is 5.33. The zero-order chi connectivity index (χ0) is 15.5. The summed E-state index contributed by atoms with van der Waals surface area (Å²) in [5, 5.41) is 7.38. The van der Waals surface area contributed by atoms with Gasteiger partial charge in [-0.3, -0.25) is 9.36 Å². The van der Waals surface area contributed by atoms with Gasteiger partial charge in [-0.1, -0.05) is 18.0 Å². The number of rotatable bonds is 3. The Morgan fingerprint density at radius 2 is 2.18 bits per heavy atom. The summed E-state index contributed by atoms with van der Waals surface area (Å²) in [4.78, 5) is 28.2. The third-order valence-corrected chi connectivity index (χ3v) is 3.79. The Morgan fingerprint density at radius 3 is 2.95 bits per heavy atom. The van der Waals surface area contributed by atoms with Gasteiger partial charge in [0.25, 0.3) is 0 Å². The highest BCUT2D eigenvalue weighted by Gasteiger charge is 2.17. The number of carbonyl (C=O) groups is 1. The summed E-state index contributed by atoms with van der Waals surface area (Å²) >= 11 is 5.74. The first-order valence-corrected chi connectivity index (χ1v) is 7.59. The molecule has 0 aliphatic carbocycles. The number of carbonyl (C=O) groups excluding carboxylic acids is 1. The van der Waals surface area contributed by atoms with Crippen LogP contribution in [0.5, 0.6) is 0 Å². The number of fused-ring (bicyclic) bond motifs is 1. The van der Waals surface area contributed by atoms with E-state index in [9.17, 15) is 9.59 Å². The van der Waals surface area contributed by atoms with E-state index in [0.29, 0.717) is 17.4 Å². The average molecular weight is 322 g/mol. The first kappa shape index (κ1) is 14.8. The third-order valence-electron chi connectivity index (χ3n) is 3.57. The average Bonchev–Trinajstić information content (AvgIpc) is 2.67. The van der Waals surface area contributed by atoms with Crippen molar-refractivity contribution in [1.29, 1.82) is 0 Å². The van der Waals surface area contributed by atoms with E-state index in [1.807, 2.05) is 0 Å². The molecular formula is C14H16ClN5O2. The van der Waals surface area contributed by atoms with Crippen molar-refractivity contribution in [3.05, 3.63) is 39.7 Å². The molecule has 0 aromatic carbocycles. The maximum Gasteiger partial charge on any atom is 0.346 e. The van der Waals surface area contributed by atoms with Crippen molar-refractivity contribution in [2.24, 2.45) is 0 Å². The summed E-state index contributed by atoms with van der Waals surface area (Å²) in [7, 11) is 0. The summed E-state index contributed by atoms with van der Waals surface area (Å²) in [5.74, 6) is 0.813. The van der Waals surface area contributed by atoms with Crippen LogP contribution < -0.4 is 11.0 Å². The minimum Gasteiger partial charge on any atom is -0.309 e. The molecule has 0 unspecified atom stereocenters. The zero-order valence-electron chi connectivity index (χ0n) is 12.0. The molecular weight excluding hydrogens is 306 g/mol. The predicted molar refractivity (Wildman–Crippen MR) is 81.9 cm³/mol. The van der Waals surface area contributed by atoms with Gasteiger partial charge in [0, 0.05) is 19.2 Å². The first-order chi connectivity index (χ1) is 10.6. The molecule has 7 nitrogen and oxygen atoms in total. The molecule has 1 aliphatic rings. The summed E-state index contributed by atoms with van der Waals surface area (Å²) < 4.78 is 2.88. The number of hydrogen-bond acceptors (Lipinski definition) is 4. The molecule has 0 atom stereocenters. The lowest BCUT2D eigenvalue weighted by molar-refractivity contribution is -0.117. The number of nitrogens with zero attached hydrogens (tertiary/aromatic N) is 4. The summed E-state index contributed by atoms with van der Waals surface area (Å²) in [6, 6.07) is 3.24. The van der Waals surface area contributed by atoms with Gasteiger partial charge in [-0.2, -0.15) is 5.10 Å². The van der Waals surface area contributed by atoms with Crippen molar-refractivity contribution in [3.63, 3.8) is 0 Å². The molecule has 2 aromatic rings. The maximum atomic E-state index is 12.2. The molecule has 0 radical (unpaired) electrons. The Bertz CT molecular complexity index is 735. The van der Waals surface area contributed by atoms with E-state index in [1.165, 1.54) is 10.9 Å². The van der Waals surface area contributed by atoms with Crippen molar-refractivity contribution in [2.75, 3.05) is 5.32 Å². The number of amides is 1. The topological polar surface area (TPSA) is 81.8 Å². The minimum absolute atomic E-state index is 0.122. The summed E-state index contributed by atoms with van der Waals surface area (Å²) in [5.41, 5.74) is -0.226. The maximum absolute atomic E-state index is 12.2. The molecule has 3 rings (SSSR count). The zero-order valence-corrected chi connectivity index (χ0v) is 12.7. The molecule has 1 N–H and O–H groups in total. The fraction of sp³-hybridized carbons (Fsp3) is 0.429. The van der Waals surface area contributed by atoms with Gasteiger partial charge in [0.05, 0.1) is 5.02 Å². The highest BCUT2D eigenvalue weighted by Crippen LogP contribution is 2.11. The van der Waals surface area contributed by atoms with Gasteiger partial charge >= 0.3 is 5.69 Å². The number of aromatic nitrogens is 4. The van der Waals surface area contributed by atoms with Crippen LogP contribution >= 0.6 is 11.6 Å². The van der Waals surface area contributed by atoms with Crippen LogP contribution in [0, 0.1) is 0 Å². The Kier molecular flexibility index (Phi) is 4.24. The van der Waals surface area contributed by atoms with Crippen molar-refractivity contribution >= 4 is 23.3 Å². The molecule has 0 fully saturated rings. The van der Waals surface area contributed by atoms with Gasteiger partial charge in [-0.25, -0.2) is 14.5 Å². The second kappa shape index (κ2) is 6.31. The molecule has 116 valence electrons. The fourth-order valence-electron chi connectivity index (χ4n) is 2.50. The number of halogens is 1.